The van der Waals surface area contributed by atoms with Gasteiger partial charge < -0.3 is 14.4 Å². The number of fused-ring (bicyclic) bond motifs is 1. The number of aromatic amines is 1. The number of rotatable bonds is 6. The largest absolute Gasteiger partial charge is 0.489 e. The Hall–Kier alpha value is -3.96. The summed E-state index contributed by atoms with van der Waals surface area (Å²) < 4.78 is 11.8. The molecule has 0 amide bonds. The van der Waals surface area contributed by atoms with Crippen LogP contribution in [0.5, 0.6) is 5.75 Å². The summed E-state index contributed by atoms with van der Waals surface area (Å²) in [5.74, 6) is 6.56. The number of carboxylic acid groups (broad SMARTS) is 1. The highest BCUT2D eigenvalue weighted by atomic mass is 35.5. The molecule has 0 unspecified atom stereocenters. The first-order valence-corrected chi connectivity index (χ1v) is 13.1. The van der Waals surface area contributed by atoms with E-state index in [2.05, 4.69) is 27.2 Å². The first kappa shape index (κ1) is 25.3. The Kier molecular flexibility index (Phi) is 6.69. The summed E-state index contributed by atoms with van der Waals surface area (Å²) >= 11 is 19.4. The molecular formula is C29H18Cl3N3O4. The molecule has 1 aliphatic rings. The van der Waals surface area contributed by atoms with Gasteiger partial charge in [-0.05, 0) is 49.2 Å². The molecule has 2 aromatic heterocycles. The highest BCUT2D eigenvalue weighted by Gasteiger charge is 2.33. The van der Waals surface area contributed by atoms with Crippen LogP contribution in [0.3, 0.4) is 0 Å². The Labute approximate surface area is 237 Å². The van der Waals surface area contributed by atoms with Crippen LogP contribution in [-0.4, -0.2) is 26.4 Å². The van der Waals surface area contributed by atoms with Crippen molar-refractivity contribution in [1.29, 1.82) is 0 Å². The summed E-state index contributed by atoms with van der Waals surface area (Å²) in [4.78, 5) is 11.6. The van der Waals surface area contributed by atoms with Gasteiger partial charge in [-0.1, -0.05) is 57.9 Å². The lowest BCUT2D eigenvalue weighted by molar-refractivity contribution is 0.0699. The summed E-state index contributed by atoms with van der Waals surface area (Å²) in [6.07, 6.45) is 3.53. The number of benzene rings is 3. The van der Waals surface area contributed by atoms with Gasteiger partial charge in [-0.25, -0.2) is 4.79 Å². The number of halogens is 3. The molecule has 0 atom stereocenters. The molecule has 0 aliphatic heterocycles. The smallest absolute Gasteiger partial charge is 0.336 e. The molecule has 0 spiro atoms. The van der Waals surface area contributed by atoms with Crippen LogP contribution in [0.4, 0.5) is 0 Å². The minimum absolute atomic E-state index is 0.122. The molecule has 7 nitrogen and oxygen atoms in total. The molecule has 0 saturated heterocycles. The van der Waals surface area contributed by atoms with E-state index >= 15 is 0 Å². The highest BCUT2D eigenvalue weighted by molar-refractivity contribution is 6.39. The average Bonchev–Trinajstić information content (AvgIpc) is 3.49. The minimum atomic E-state index is -1.05. The van der Waals surface area contributed by atoms with Gasteiger partial charge in [-0.15, -0.1) is 0 Å². The number of carboxylic acids is 1. The van der Waals surface area contributed by atoms with Crippen LogP contribution < -0.4 is 4.74 Å². The van der Waals surface area contributed by atoms with Crippen molar-refractivity contribution in [2.75, 3.05) is 0 Å². The molecule has 10 heteroatoms. The van der Waals surface area contributed by atoms with E-state index in [0.717, 1.165) is 24.2 Å². The first-order valence-electron chi connectivity index (χ1n) is 12.0. The van der Waals surface area contributed by atoms with Crippen LogP contribution in [0.1, 0.15) is 51.6 Å². The maximum Gasteiger partial charge on any atom is 0.336 e. The Balaban J connectivity index is 1.25. The van der Waals surface area contributed by atoms with Crippen molar-refractivity contribution in [3.05, 3.63) is 97.8 Å². The summed E-state index contributed by atoms with van der Waals surface area (Å²) in [5, 5.41) is 22.4. The van der Waals surface area contributed by atoms with E-state index in [1.165, 1.54) is 12.3 Å². The number of hydrogen-bond donors (Lipinski definition) is 2. The standard InChI is InChI=1S/C29H18Cl3N3O4/c30-22-2-1-3-23(31)26(22)27-21(28(39-35-27)17-6-7-17)14-38-18-9-8-16(24(32)12-18)5-4-15-10-19(29(36)37)20-13-33-34-25(20)11-15/h1-3,8-13,17H,6-7,14H2,(H,33,34)(H,36,37). The zero-order chi connectivity index (χ0) is 27.1. The number of nitrogens with one attached hydrogen (secondary N) is 1. The molecule has 39 heavy (non-hydrogen) atoms. The second-order valence-electron chi connectivity index (χ2n) is 9.09. The van der Waals surface area contributed by atoms with E-state index in [4.69, 9.17) is 44.1 Å². The topological polar surface area (TPSA) is 101 Å². The van der Waals surface area contributed by atoms with Crippen molar-refractivity contribution in [3.8, 4) is 28.8 Å². The van der Waals surface area contributed by atoms with Crippen molar-refractivity contribution in [2.24, 2.45) is 0 Å². The van der Waals surface area contributed by atoms with E-state index in [0.29, 0.717) is 60.0 Å². The lowest BCUT2D eigenvalue weighted by Gasteiger charge is -2.10. The van der Waals surface area contributed by atoms with Gasteiger partial charge in [0.15, 0.2) is 0 Å². The second kappa shape index (κ2) is 10.3. The average molecular weight is 579 g/mol. The number of H-pyrrole nitrogens is 1. The van der Waals surface area contributed by atoms with E-state index < -0.39 is 5.97 Å². The Morgan fingerprint density at radius 1 is 1.08 bits per heavy atom. The predicted octanol–water partition coefficient (Wildman–Crippen LogP) is 7.73. The molecule has 6 rings (SSSR count). The summed E-state index contributed by atoms with van der Waals surface area (Å²) in [7, 11) is 0. The molecule has 3 aromatic carbocycles. The van der Waals surface area contributed by atoms with Crippen molar-refractivity contribution >= 4 is 51.7 Å². The zero-order valence-electron chi connectivity index (χ0n) is 20.1. The van der Waals surface area contributed by atoms with Gasteiger partial charge in [0.2, 0.25) is 0 Å². The van der Waals surface area contributed by atoms with Gasteiger partial charge in [0, 0.05) is 34.1 Å². The fourth-order valence-electron chi connectivity index (χ4n) is 4.33. The molecular weight excluding hydrogens is 561 g/mol. The van der Waals surface area contributed by atoms with Crippen LogP contribution in [0.15, 0.2) is 59.3 Å². The molecule has 1 aliphatic carbocycles. The predicted molar refractivity (Wildman–Crippen MR) is 149 cm³/mol. The van der Waals surface area contributed by atoms with Crippen LogP contribution in [0.2, 0.25) is 15.1 Å². The number of nitrogens with zero attached hydrogens (tertiary/aromatic N) is 2. The second-order valence-corrected chi connectivity index (χ2v) is 10.3. The van der Waals surface area contributed by atoms with Crippen LogP contribution >= 0.6 is 34.8 Å². The lowest BCUT2D eigenvalue weighted by atomic mass is 10.0. The van der Waals surface area contributed by atoms with E-state index in [-0.39, 0.29) is 12.2 Å². The maximum absolute atomic E-state index is 11.6. The van der Waals surface area contributed by atoms with Crippen molar-refractivity contribution < 1.29 is 19.2 Å². The summed E-state index contributed by atoms with van der Waals surface area (Å²) in [5.41, 5.74) is 3.78. The van der Waals surface area contributed by atoms with Crippen LogP contribution in [0.25, 0.3) is 22.2 Å². The SMILES string of the molecule is O=C(O)c1cc(C#Cc2ccc(OCc3c(-c4c(Cl)cccc4Cl)noc3C3CC3)cc2Cl)cc2[nH]ncc12. The first-order chi connectivity index (χ1) is 18.9. The third-order valence-electron chi connectivity index (χ3n) is 6.42. The molecule has 1 saturated carbocycles. The van der Waals surface area contributed by atoms with Crippen LogP contribution in [0, 0.1) is 11.8 Å². The molecule has 0 bridgehead atoms. The van der Waals surface area contributed by atoms with Gasteiger partial charge in [-0.2, -0.15) is 5.10 Å². The molecule has 194 valence electrons. The van der Waals surface area contributed by atoms with Crippen molar-refractivity contribution in [1.82, 2.24) is 15.4 Å². The number of carbonyl (C=O) groups is 1. The third kappa shape index (κ3) is 5.07. The Morgan fingerprint density at radius 2 is 1.87 bits per heavy atom. The molecule has 5 aromatic rings. The van der Waals surface area contributed by atoms with Gasteiger partial charge in [0.05, 0.1) is 37.9 Å². The highest BCUT2D eigenvalue weighted by Crippen LogP contribution is 2.46. The van der Waals surface area contributed by atoms with Gasteiger partial charge in [0.1, 0.15) is 23.8 Å². The monoisotopic (exact) mass is 577 g/mol. The van der Waals surface area contributed by atoms with Crippen LogP contribution in [-0.2, 0) is 6.61 Å². The zero-order valence-corrected chi connectivity index (χ0v) is 22.4. The number of aromatic carboxylic acids is 1. The number of hydrogen-bond acceptors (Lipinski definition) is 5. The third-order valence-corrected chi connectivity index (χ3v) is 7.36. The van der Waals surface area contributed by atoms with E-state index in [1.54, 1.807) is 42.5 Å². The Morgan fingerprint density at radius 3 is 2.59 bits per heavy atom. The van der Waals surface area contributed by atoms with Gasteiger partial charge >= 0.3 is 5.97 Å². The minimum Gasteiger partial charge on any atom is -0.489 e. The molecule has 1 fully saturated rings. The quantitative estimate of drug-likeness (QED) is 0.200. The van der Waals surface area contributed by atoms with E-state index in [1.807, 2.05) is 0 Å². The van der Waals surface area contributed by atoms with Crippen molar-refractivity contribution in [3.63, 3.8) is 0 Å². The van der Waals surface area contributed by atoms with Crippen molar-refractivity contribution in [2.45, 2.75) is 25.4 Å². The summed E-state index contributed by atoms with van der Waals surface area (Å²) in [6, 6.07) is 13.7. The number of aromatic nitrogens is 3. The van der Waals surface area contributed by atoms with Gasteiger partial charge in [-0.3, -0.25) is 5.10 Å². The maximum atomic E-state index is 11.6. The lowest BCUT2D eigenvalue weighted by Crippen LogP contribution is -2.00. The Bertz CT molecular complexity index is 1790. The molecule has 0 radical (unpaired) electrons. The normalized spacial score (nSPS) is 12.8. The fourth-order valence-corrected chi connectivity index (χ4v) is 5.12. The number of ether oxygens (including phenoxy) is 1. The van der Waals surface area contributed by atoms with E-state index in [9.17, 15) is 9.90 Å². The summed E-state index contributed by atoms with van der Waals surface area (Å²) in [6.45, 7) is 0.190. The van der Waals surface area contributed by atoms with Gasteiger partial charge in [0.25, 0.3) is 0 Å². The molecule has 2 heterocycles. The molecule has 2 N–H and O–H groups in total. The fraction of sp³-hybridized carbons (Fsp3) is 0.138.